The second-order valence-electron chi connectivity index (χ2n) is 8.15. The van der Waals surface area contributed by atoms with Gasteiger partial charge in [0.1, 0.15) is 18.0 Å². The summed E-state index contributed by atoms with van der Waals surface area (Å²) >= 11 is 6.22. The third-order valence-electron chi connectivity index (χ3n) is 5.90. The molecule has 0 aliphatic heterocycles. The highest BCUT2D eigenvalue weighted by molar-refractivity contribution is 7.92. The minimum absolute atomic E-state index is 0.104. The fourth-order valence-corrected chi connectivity index (χ4v) is 5.50. The number of nitrogens with zero attached hydrogens (tertiary/aromatic N) is 1. The zero-order chi connectivity index (χ0) is 27.9. The summed E-state index contributed by atoms with van der Waals surface area (Å²) in [6.07, 6.45) is 0.584. The number of methoxy groups -OCH3 is 4. The van der Waals surface area contributed by atoms with Crippen LogP contribution in [0.1, 0.15) is 24.9 Å². The average molecular weight is 563 g/mol. The molecule has 0 spiro atoms. The van der Waals surface area contributed by atoms with Crippen molar-refractivity contribution in [3.05, 3.63) is 71.2 Å². The Hall–Kier alpha value is -3.63. The molecule has 1 N–H and O–H groups in total. The molecule has 0 aromatic heterocycles. The number of rotatable bonds is 12. The fraction of sp³-hybridized carbons (Fsp3) is 0.296. The molecule has 38 heavy (non-hydrogen) atoms. The number of benzene rings is 3. The van der Waals surface area contributed by atoms with E-state index in [1.54, 1.807) is 31.4 Å². The van der Waals surface area contributed by atoms with Crippen LogP contribution in [0.25, 0.3) is 0 Å². The number of hydrogen-bond acceptors (Lipinski definition) is 7. The van der Waals surface area contributed by atoms with E-state index in [9.17, 15) is 13.2 Å². The van der Waals surface area contributed by atoms with Crippen LogP contribution in [0.3, 0.4) is 0 Å². The number of carbonyl (C=O) groups excluding carboxylic acids is 1. The fourth-order valence-electron chi connectivity index (χ4n) is 3.89. The van der Waals surface area contributed by atoms with Crippen molar-refractivity contribution in [2.24, 2.45) is 0 Å². The summed E-state index contributed by atoms with van der Waals surface area (Å²) < 4.78 is 50.0. The smallest absolute Gasteiger partial charge is 0.265 e. The summed E-state index contributed by atoms with van der Waals surface area (Å²) in [4.78, 5) is 13.2. The van der Waals surface area contributed by atoms with Crippen LogP contribution in [0.15, 0.2) is 65.6 Å². The molecule has 204 valence electrons. The van der Waals surface area contributed by atoms with Crippen LogP contribution in [0.5, 0.6) is 23.0 Å². The van der Waals surface area contributed by atoms with Gasteiger partial charge < -0.3 is 24.3 Å². The van der Waals surface area contributed by atoms with Crippen molar-refractivity contribution in [2.45, 2.75) is 24.3 Å². The predicted octanol–water partition coefficient (Wildman–Crippen LogP) is 4.84. The summed E-state index contributed by atoms with van der Waals surface area (Å²) in [6, 6.07) is 15.7. The van der Waals surface area contributed by atoms with Crippen molar-refractivity contribution in [1.82, 2.24) is 5.32 Å². The summed E-state index contributed by atoms with van der Waals surface area (Å²) in [5.41, 5.74) is 0.971. The Labute approximate surface area is 228 Å². The van der Waals surface area contributed by atoms with Crippen molar-refractivity contribution < 1.29 is 32.2 Å². The molecule has 0 saturated heterocycles. The number of halogens is 1. The molecule has 3 aromatic rings. The number of anilines is 1. The molecule has 1 atom stereocenters. The van der Waals surface area contributed by atoms with Gasteiger partial charge >= 0.3 is 0 Å². The van der Waals surface area contributed by atoms with Gasteiger partial charge in [-0.25, -0.2) is 8.42 Å². The largest absolute Gasteiger partial charge is 0.497 e. The number of hydrogen-bond donors (Lipinski definition) is 1. The van der Waals surface area contributed by atoms with Gasteiger partial charge in [-0.1, -0.05) is 30.7 Å². The summed E-state index contributed by atoms with van der Waals surface area (Å²) in [6.45, 7) is 1.40. The Morgan fingerprint density at radius 3 is 2.08 bits per heavy atom. The minimum Gasteiger partial charge on any atom is -0.497 e. The highest BCUT2D eigenvalue weighted by Crippen LogP contribution is 2.37. The maximum absolute atomic E-state index is 13.9. The highest BCUT2D eigenvalue weighted by atomic mass is 35.5. The highest BCUT2D eigenvalue weighted by Gasteiger charge is 2.31. The molecule has 0 unspecified atom stereocenters. The predicted molar refractivity (Wildman–Crippen MR) is 146 cm³/mol. The Morgan fingerprint density at radius 2 is 1.50 bits per heavy atom. The van der Waals surface area contributed by atoms with E-state index in [4.69, 9.17) is 30.5 Å². The Bertz CT molecular complexity index is 1360. The Morgan fingerprint density at radius 1 is 0.868 bits per heavy atom. The van der Waals surface area contributed by atoms with Crippen molar-refractivity contribution in [3.63, 3.8) is 0 Å². The molecular formula is C27H31ClN2O7S. The first-order valence-electron chi connectivity index (χ1n) is 11.7. The molecular weight excluding hydrogens is 532 g/mol. The van der Waals surface area contributed by atoms with E-state index in [2.05, 4.69) is 5.32 Å². The zero-order valence-corrected chi connectivity index (χ0v) is 23.4. The lowest BCUT2D eigenvalue weighted by Gasteiger charge is -2.27. The number of amides is 1. The standard InChI is InChI=1S/C27H31ClN2O7S/c1-6-22(18-7-10-20(34-2)11-8-18)29-27(31)17-30(23-15-19(28)9-13-24(23)35-3)38(32,33)21-12-14-25(36-4)26(16-21)37-5/h7-16,22H,6,17H2,1-5H3,(H,29,31)/t22-/m0/s1. The van der Waals surface area contributed by atoms with Crippen LogP contribution in [0.4, 0.5) is 5.69 Å². The first-order valence-corrected chi connectivity index (χ1v) is 13.5. The van der Waals surface area contributed by atoms with Crippen molar-refractivity contribution in [3.8, 4) is 23.0 Å². The van der Waals surface area contributed by atoms with Crippen molar-refractivity contribution in [2.75, 3.05) is 39.3 Å². The lowest BCUT2D eigenvalue weighted by molar-refractivity contribution is -0.120. The lowest BCUT2D eigenvalue weighted by atomic mass is 10.0. The maximum atomic E-state index is 13.9. The molecule has 0 fully saturated rings. The van der Waals surface area contributed by atoms with Gasteiger partial charge in [-0.15, -0.1) is 0 Å². The normalized spacial score (nSPS) is 11.8. The van der Waals surface area contributed by atoms with Crippen molar-refractivity contribution >= 4 is 33.2 Å². The topological polar surface area (TPSA) is 103 Å². The lowest BCUT2D eigenvalue weighted by Crippen LogP contribution is -2.42. The van der Waals surface area contributed by atoms with Gasteiger partial charge in [0, 0.05) is 11.1 Å². The van der Waals surface area contributed by atoms with Crippen LogP contribution in [-0.4, -0.2) is 49.3 Å². The minimum atomic E-state index is -4.29. The van der Waals surface area contributed by atoms with E-state index < -0.39 is 22.5 Å². The van der Waals surface area contributed by atoms with Gasteiger partial charge in [-0.05, 0) is 54.4 Å². The van der Waals surface area contributed by atoms with E-state index in [0.717, 1.165) is 9.87 Å². The second kappa shape index (κ2) is 12.7. The number of carbonyl (C=O) groups is 1. The second-order valence-corrected chi connectivity index (χ2v) is 10.4. The average Bonchev–Trinajstić information content (AvgIpc) is 2.94. The first-order chi connectivity index (χ1) is 18.2. The Balaban J connectivity index is 2.02. The van der Waals surface area contributed by atoms with Crippen LogP contribution in [0.2, 0.25) is 5.02 Å². The van der Waals surface area contributed by atoms with E-state index in [1.165, 1.54) is 45.6 Å². The molecule has 1 amide bonds. The van der Waals surface area contributed by atoms with Gasteiger partial charge in [0.2, 0.25) is 5.91 Å². The van der Waals surface area contributed by atoms with Gasteiger partial charge in [0.15, 0.2) is 11.5 Å². The van der Waals surface area contributed by atoms with Crippen LogP contribution in [-0.2, 0) is 14.8 Å². The summed E-state index contributed by atoms with van der Waals surface area (Å²) in [7, 11) is 1.55. The Kier molecular flexibility index (Phi) is 9.71. The van der Waals surface area contributed by atoms with Crippen LogP contribution in [0, 0.1) is 0 Å². The third kappa shape index (κ3) is 6.43. The first kappa shape index (κ1) is 28.9. The molecule has 0 saturated carbocycles. The third-order valence-corrected chi connectivity index (χ3v) is 7.89. The molecule has 11 heteroatoms. The molecule has 3 rings (SSSR count). The van der Waals surface area contributed by atoms with E-state index >= 15 is 0 Å². The summed E-state index contributed by atoms with van der Waals surface area (Å²) in [5, 5.41) is 3.21. The monoisotopic (exact) mass is 562 g/mol. The number of sulfonamides is 1. The molecule has 9 nitrogen and oxygen atoms in total. The van der Waals surface area contributed by atoms with Gasteiger partial charge in [0.25, 0.3) is 10.0 Å². The van der Waals surface area contributed by atoms with Gasteiger partial charge in [0.05, 0.1) is 45.1 Å². The molecule has 0 bridgehead atoms. The van der Waals surface area contributed by atoms with Crippen LogP contribution < -0.4 is 28.6 Å². The number of ether oxygens (including phenoxy) is 4. The number of nitrogens with one attached hydrogen (secondary N) is 1. The molecule has 0 radical (unpaired) electrons. The SMILES string of the molecule is CC[C@H](NC(=O)CN(c1cc(Cl)ccc1OC)S(=O)(=O)c1ccc(OC)c(OC)c1)c1ccc(OC)cc1. The molecule has 0 aliphatic carbocycles. The maximum Gasteiger partial charge on any atom is 0.265 e. The quantitative estimate of drug-likeness (QED) is 0.337. The molecule has 0 heterocycles. The molecule has 0 aliphatic rings. The van der Waals surface area contributed by atoms with E-state index in [-0.39, 0.29) is 33.1 Å². The van der Waals surface area contributed by atoms with Crippen molar-refractivity contribution in [1.29, 1.82) is 0 Å². The van der Waals surface area contributed by atoms with Crippen LogP contribution >= 0.6 is 11.6 Å². The van der Waals surface area contributed by atoms with Gasteiger partial charge in [-0.2, -0.15) is 0 Å². The summed E-state index contributed by atoms with van der Waals surface area (Å²) in [5.74, 6) is 0.991. The molecule has 3 aromatic carbocycles. The zero-order valence-electron chi connectivity index (χ0n) is 21.9. The van der Waals surface area contributed by atoms with E-state index in [0.29, 0.717) is 17.9 Å². The van der Waals surface area contributed by atoms with E-state index in [1.807, 2.05) is 19.1 Å². The van der Waals surface area contributed by atoms with Gasteiger partial charge in [-0.3, -0.25) is 9.10 Å².